The zero-order valence-corrected chi connectivity index (χ0v) is 9.21. The molecule has 0 aliphatic heterocycles. The lowest BCUT2D eigenvalue weighted by atomic mass is 10.1. The van der Waals surface area contributed by atoms with Crippen molar-refractivity contribution in [3.8, 4) is 0 Å². The normalized spacial score (nSPS) is 13.2. The number of halogens is 3. The van der Waals surface area contributed by atoms with Crippen LogP contribution in [0.25, 0.3) is 0 Å². The van der Waals surface area contributed by atoms with Crippen LogP contribution in [0, 0.1) is 0 Å². The topological polar surface area (TPSA) is 75.6 Å². The van der Waals surface area contributed by atoms with Gasteiger partial charge in [-0.2, -0.15) is 13.2 Å². The molecular formula is C9H14F3NO4. The fraction of sp³-hybridized carbons (Fsp3) is 0.778. The molecule has 0 aromatic heterocycles. The molecule has 0 aromatic rings. The third kappa shape index (κ3) is 9.61. The standard InChI is InChI=1S/C9H14F3NO4/c1-6(14)13-7(8(15)16)3-2-4-17-5-9(10,11)12/h7H,2-5H2,1H3,(H,13,14)(H,15,16). The average Bonchev–Trinajstić information content (AvgIpc) is 2.12. The van der Waals surface area contributed by atoms with E-state index in [0.29, 0.717) is 0 Å². The molecule has 1 atom stereocenters. The highest BCUT2D eigenvalue weighted by Crippen LogP contribution is 2.14. The minimum absolute atomic E-state index is 0.0206. The van der Waals surface area contributed by atoms with Crippen LogP contribution < -0.4 is 5.32 Å². The van der Waals surface area contributed by atoms with Gasteiger partial charge < -0.3 is 15.2 Å². The van der Waals surface area contributed by atoms with Gasteiger partial charge in [0.2, 0.25) is 5.91 Å². The van der Waals surface area contributed by atoms with Crippen LogP contribution in [0.15, 0.2) is 0 Å². The number of ether oxygens (including phenoxy) is 1. The molecule has 0 aliphatic rings. The first kappa shape index (κ1) is 15.7. The second-order valence-corrected chi connectivity index (χ2v) is 3.40. The highest BCUT2D eigenvalue weighted by Gasteiger charge is 2.27. The van der Waals surface area contributed by atoms with Gasteiger partial charge in [0.15, 0.2) is 0 Å². The Morgan fingerprint density at radius 1 is 1.41 bits per heavy atom. The summed E-state index contributed by atoms with van der Waals surface area (Å²) < 4.78 is 39.3. The third-order valence-electron chi connectivity index (χ3n) is 1.72. The summed E-state index contributed by atoms with van der Waals surface area (Å²) in [6.07, 6.45) is -4.25. The maximum atomic E-state index is 11.7. The molecule has 0 bridgehead atoms. The Bertz CT molecular complexity index is 267. The molecular weight excluding hydrogens is 243 g/mol. The predicted molar refractivity (Wildman–Crippen MR) is 51.3 cm³/mol. The van der Waals surface area contributed by atoms with Crippen LogP contribution in [-0.2, 0) is 14.3 Å². The number of carboxylic acids is 1. The highest BCUT2D eigenvalue weighted by atomic mass is 19.4. The smallest absolute Gasteiger partial charge is 0.411 e. The van der Waals surface area contributed by atoms with Crippen molar-refractivity contribution < 1.29 is 32.6 Å². The van der Waals surface area contributed by atoms with E-state index in [2.05, 4.69) is 10.1 Å². The largest absolute Gasteiger partial charge is 0.480 e. The lowest BCUT2D eigenvalue weighted by molar-refractivity contribution is -0.174. The van der Waals surface area contributed by atoms with Gasteiger partial charge >= 0.3 is 12.1 Å². The average molecular weight is 257 g/mol. The van der Waals surface area contributed by atoms with Crippen molar-refractivity contribution in [2.24, 2.45) is 0 Å². The molecule has 0 aliphatic carbocycles. The summed E-state index contributed by atoms with van der Waals surface area (Å²) in [6, 6.07) is -1.10. The predicted octanol–water partition coefficient (Wildman–Crippen LogP) is 0.935. The summed E-state index contributed by atoms with van der Waals surface area (Å²) in [6.45, 7) is -0.399. The second kappa shape index (κ2) is 7.10. The first-order valence-electron chi connectivity index (χ1n) is 4.87. The molecule has 0 aromatic carbocycles. The van der Waals surface area contributed by atoms with Crippen LogP contribution in [-0.4, -0.2) is 42.4 Å². The van der Waals surface area contributed by atoms with Crippen molar-refractivity contribution in [2.75, 3.05) is 13.2 Å². The molecule has 8 heteroatoms. The number of hydrogen-bond donors (Lipinski definition) is 2. The van der Waals surface area contributed by atoms with E-state index in [9.17, 15) is 22.8 Å². The molecule has 1 amide bonds. The van der Waals surface area contributed by atoms with Crippen molar-refractivity contribution in [3.05, 3.63) is 0 Å². The molecule has 0 radical (unpaired) electrons. The molecule has 1 unspecified atom stereocenters. The van der Waals surface area contributed by atoms with Crippen molar-refractivity contribution in [1.29, 1.82) is 0 Å². The first-order valence-corrected chi connectivity index (χ1v) is 4.87. The maximum Gasteiger partial charge on any atom is 0.411 e. The van der Waals surface area contributed by atoms with Gasteiger partial charge in [-0.15, -0.1) is 0 Å². The number of carbonyl (C=O) groups excluding carboxylic acids is 1. The summed E-state index contributed by atoms with van der Waals surface area (Å²) >= 11 is 0. The van der Waals surface area contributed by atoms with E-state index in [1.54, 1.807) is 0 Å². The fourth-order valence-electron chi connectivity index (χ4n) is 1.08. The lowest BCUT2D eigenvalue weighted by Gasteiger charge is -2.13. The highest BCUT2D eigenvalue weighted by molar-refractivity contribution is 5.81. The van der Waals surface area contributed by atoms with E-state index >= 15 is 0 Å². The van der Waals surface area contributed by atoms with E-state index in [-0.39, 0.29) is 19.4 Å². The summed E-state index contributed by atoms with van der Waals surface area (Å²) in [4.78, 5) is 21.2. The molecule has 2 N–H and O–H groups in total. The van der Waals surface area contributed by atoms with Crippen LogP contribution in [0.1, 0.15) is 19.8 Å². The summed E-state index contributed by atoms with van der Waals surface area (Å²) in [7, 11) is 0. The fourth-order valence-corrected chi connectivity index (χ4v) is 1.08. The SMILES string of the molecule is CC(=O)NC(CCCOCC(F)(F)F)C(=O)O. The van der Waals surface area contributed by atoms with Gasteiger partial charge in [0.05, 0.1) is 0 Å². The van der Waals surface area contributed by atoms with Crippen LogP contribution >= 0.6 is 0 Å². The molecule has 0 heterocycles. The van der Waals surface area contributed by atoms with E-state index in [1.165, 1.54) is 0 Å². The molecule has 0 rings (SSSR count). The summed E-state index contributed by atoms with van der Waals surface area (Å²) in [5.74, 6) is -1.73. The molecule has 5 nitrogen and oxygen atoms in total. The Labute approximate surface area is 95.9 Å². The zero-order valence-electron chi connectivity index (χ0n) is 9.21. The maximum absolute atomic E-state index is 11.7. The Morgan fingerprint density at radius 2 is 2.00 bits per heavy atom. The molecule has 100 valence electrons. The van der Waals surface area contributed by atoms with Crippen molar-refractivity contribution in [2.45, 2.75) is 32.0 Å². The zero-order chi connectivity index (χ0) is 13.5. The monoisotopic (exact) mass is 257 g/mol. The number of nitrogens with one attached hydrogen (secondary N) is 1. The number of alkyl halides is 3. The molecule has 0 saturated carbocycles. The number of rotatable bonds is 7. The number of aliphatic carboxylic acids is 1. The van der Waals surface area contributed by atoms with Gasteiger partial charge in [-0.05, 0) is 12.8 Å². The Kier molecular flexibility index (Phi) is 6.55. The number of carbonyl (C=O) groups is 2. The first-order chi connectivity index (χ1) is 7.72. The van der Waals surface area contributed by atoms with E-state index < -0.39 is 30.7 Å². The molecule has 0 saturated heterocycles. The molecule has 17 heavy (non-hydrogen) atoms. The summed E-state index contributed by atoms with van der Waals surface area (Å²) in [5.41, 5.74) is 0. The van der Waals surface area contributed by atoms with Crippen LogP contribution in [0.4, 0.5) is 13.2 Å². The Hall–Kier alpha value is -1.31. The van der Waals surface area contributed by atoms with Crippen LogP contribution in [0.5, 0.6) is 0 Å². The van der Waals surface area contributed by atoms with Crippen LogP contribution in [0.3, 0.4) is 0 Å². The quantitative estimate of drug-likeness (QED) is 0.665. The number of hydrogen-bond acceptors (Lipinski definition) is 3. The van der Waals surface area contributed by atoms with Gasteiger partial charge in [0, 0.05) is 13.5 Å². The van der Waals surface area contributed by atoms with Crippen molar-refractivity contribution >= 4 is 11.9 Å². The van der Waals surface area contributed by atoms with E-state index in [4.69, 9.17) is 5.11 Å². The van der Waals surface area contributed by atoms with Crippen molar-refractivity contribution in [3.63, 3.8) is 0 Å². The lowest BCUT2D eigenvalue weighted by Crippen LogP contribution is -2.39. The van der Waals surface area contributed by atoms with E-state index in [0.717, 1.165) is 6.92 Å². The summed E-state index contributed by atoms with van der Waals surface area (Å²) in [5, 5.41) is 10.8. The minimum Gasteiger partial charge on any atom is -0.480 e. The molecule has 0 spiro atoms. The van der Waals surface area contributed by atoms with Gasteiger partial charge in [0.25, 0.3) is 0 Å². The Balaban J connectivity index is 3.76. The Morgan fingerprint density at radius 3 is 2.41 bits per heavy atom. The minimum atomic E-state index is -4.39. The van der Waals surface area contributed by atoms with Crippen molar-refractivity contribution in [1.82, 2.24) is 5.32 Å². The van der Waals surface area contributed by atoms with E-state index in [1.807, 2.05) is 0 Å². The van der Waals surface area contributed by atoms with Gasteiger partial charge in [-0.1, -0.05) is 0 Å². The number of carboxylic acid groups (broad SMARTS) is 1. The van der Waals surface area contributed by atoms with Gasteiger partial charge in [0.1, 0.15) is 12.6 Å². The van der Waals surface area contributed by atoms with Gasteiger partial charge in [-0.25, -0.2) is 4.79 Å². The van der Waals surface area contributed by atoms with Crippen LogP contribution in [0.2, 0.25) is 0 Å². The molecule has 0 fully saturated rings. The number of amides is 1. The third-order valence-corrected chi connectivity index (χ3v) is 1.72. The van der Waals surface area contributed by atoms with Gasteiger partial charge in [-0.3, -0.25) is 4.79 Å². The second-order valence-electron chi connectivity index (χ2n) is 3.40.